The number of nitrogens with one attached hydrogen (secondary N) is 1. The topological polar surface area (TPSA) is 54.7 Å². The lowest BCUT2D eigenvalue weighted by atomic mass is 9.92. The van der Waals surface area contributed by atoms with Crippen molar-refractivity contribution in [1.29, 1.82) is 0 Å². The van der Waals surface area contributed by atoms with Crippen LogP contribution in [-0.2, 0) is 0 Å². The Hall–Kier alpha value is -1.84. The Balaban J connectivity index is 2.06. The molecule has 0 amide bonds. The number of rotatable bonds is 8. The number of nitrogens with zero attached hydrogens (tertiary/aromatic N) is 1. The largest absolute Gasteiger partial charge is 0.341 e. The summed E-state index contributed by atoms with van der Waals surface area (Å²) in [7, 11) is 0. The number of halogens is 1. The van der Waals surface area contributed by atoms with Crippen molar-refractivity contribution >= 4 is 17.2 Å². The molecule has 1 aromatic rings. The number of hydrogen-bond donors (Lipinski definition) is 2. The standard InChI is InChI=1S/C22H30ClN3/c1-14(2)21(24)22-25-13-20(26-22)19-10-8-18(9-11-19)16(4)7-6-15(3)17(5)12-23/h6-8,10,13-14,17,21H,3-4,9,11-12,24H2,1-2,5H3,(H,25,26)/b7-6-. The summed E-state index contributed by atoms with van der Waals surface area (Å²) in [5.74, 6) is 2.06. The van der Waals surface area contributed by atoms with Crippen molar-refractivity contribution in [3.8, 4) is 0 Å². The summed E-state index contributed by atoms with van der Waals surface area (Å²) in [5, 5.41) is 0. The van der Waals surface area contributed by atoms with E-state index in [4.69, 9.17) is 17.3 Å². The molecule has 1 heterocycles. The second-order valence-electron chi connectivity index (χ2n) is 7.32. The number of hydrogen-bond acceptors (Lipinski definition) is 2. The van der Waals surface area contributed by atoms with Crippen LogP contribution in [0.4, 0.5) is 0 Å². The molecular formula is C22H30ClN3. The van der Waals surface area contributed by atoms with Crippen LogP contribution in [0.2, 0.25) is 0 Å². The molecule has 26 heavy (non-hydrogen) atoms. The Labute approximate surface area is 162 Å². The van der Waals surface area contributed by atoms with E-state index in [2.05, 4.69) is 56.0 Å². The lowest BCUT2D eigenvalue weighted by molar-refractivity contribution is 0.494. The zero-order valence-electron chi connectivity index (χ0n) is 16.1. The van der Waals surface area contributed by atoms with Gasteiger partial charge in [0.2, 0.25) is 0 Å². The van der Waals surface area contributed by atoms with Crippen LogP contribution in [0.3, 0.4) is 0 Å². The van der Waals surface area contributed by atoms with Crippen molar-refractivity contribution < 1.29 is 0 Å². The zero-order chi connectivity index (χ0) is 19.3. The Morgan fingerprint density at radius 2 is 2.00 bits per heavy atom. The molecule has 3 nitrogen and oxygen atoms in total. The fourth-order valence-electron chi connectivity index (χ4n) is 2.69. The van der Waals surface area contributed by atoms with E-state index in [1.54, 1.807) is 0 Å². The first-order chi connectivity index (χ1) is 12.3. The number of imidazole rings is 1. The number of aromatic amines is 1. The molecule has 0 spiro atoms. The predicted octanol–water partition coefficient (Wildman–Crippen LogP) is 5.71. The minimum Gasteiger partial charge on any atom is -0.341 e. The number of allylic oxidation sites excluding steroid dienone is 8. The summed E-state index contributed by atoms with van der Waals surface area (Å²) < 4.78 is 0. The minimum absolute atomic E-state index is 0.0626. The maximum absolute atomic E-state index is 6.17. The first-order valence-electron chi connectivity index (χ1n) is 9.16. The summed E-state index contributed by atoms with van der Waals surface area (Å²) >= 11 is 5.87. The molecule has 1 aliphatic carbocycles. The molecule has 2 rings (SSSR count). The molecule has 4 heteroatoms. The van der Waals surface area contributed by atoms with Crippen LogP contribution in [0.1, 0.15) is 51.2 Å². The second kappa shape index (κ2) is 9.20. The second-order valence-corrected chi connectivity index (χ2v) is 7.63. The third-order valence-electron chi connectivity index (χ3n) is 4.90. The zero-order valence-corrected chi connectivity index (χ0v) is 16.8. The number of aromatic nitrogens is 2. The number of alkyl halides is 1. The molecule has 0 bridgehead atoms. The third-order valence-corrected chi connectivity index (χ3v) is 5.36. The molecular weight excluding hydrogens is 342 g/mol. The summed E-state index contributed by atoms with van der Waals surface area (Å²) in [4.78, 5) is 7.82. The molecule has 0 radical (unpaired) electrons. The van der Waals surface area contributed by atoms with E-state index >= 15 is 0 Å². The van der Waals surface area contributed by atoms with Crippen LogP contribution in [0.15, 0.2) is 60.4 Å². The Bertz CT molecular complexity index is 749. The molecule has 0 aromatic carbocycles. The summed E-state index contributed by atoms with van der Waals surface area (Å²) in [6.45, 7) is 14.5. The van der Waals surface area contributed by atoms with Crippen LogP contribution >= 0.6 is 11.6 Å². The minimum atomic E-state index is -0.0626. The molecule has 1 aromatic heterocycles. The van der Waals surface area contributed by atoms with E-state index in [0.717, 1.165) is 35.5 Å². The first kappa shape index (κ1) is 20.5. The van der Waals surface area contributed by atoms with Gasteiger partial charge in [0, 0.05) is 5.88 Å². The monoisotopic (exact) mass is 371 g/mol. The van der Waals surface area contributed by atoms with Crippen molar-refractivity contribution in [3.63, 3.8) is 0 Å². The number of H-pyrrole nitrogens is 1. The van der Waals surface area contributed by atoms with Crippen molar-refractivity contribution in [1.82, 2.24) is 9.97 Å². The molecule has 0 saturated heterocycles. The lowest BCUT2D eigenvalue weighted by Gasteiger charge is -2.15. The van der Waals surface area contributed by atoms with Gasteiger partial charge in [0.05, 0.1) is 17.9 Å². The van der Waals surface area contributed by atoms with Crippen LogP contribution in [0.5, 0.6) is 0 Å². The van der Waals surface area contributed by atoms with E-state index in [-0.39, 0.29) is 12.0 Å². The Morgan fingerprint density at radius 1 is 1.27 bits per heavy atom. The van der Waals surface area contributed by atoms with Crippen molar-refractivity contribution in [2.24, 2.45) is 17.6 Å². The highest BCUT2D eigenvalue weighted by molar-refractivity contribution is 6.18. The smallest absolute Gasteiger partial charge is 0.123 e. The van der Waals surface area contributed by atoms with Gasteiger partial charge >= 0.3 is 0 Å². The van der Waals surface area contributed by atoms with Crippen molar-refractivity contribution in [3.05, 3.63) is 71.9 Å². The molecule has 0 saturated carbocycles. The van der Waals surface area contributed by atoms with Gasteiger partial charge in [0.25, 0.3) is 0 Å². The van der Waals surface area contributed by atoms with Crippen LogP contribution in [0.25, 0.3) is 5.57 Å². The van der Waals surface area contributed by atoms with E-state index < -0.39 is 0 Å². The molecule has 2 unspecified atom stereocenters. The lowest BCUT2D eigenvalue weighted by Crippen LogP contribution is -2.18. The molecule has 3 N–H and O–H groups in total. The van der Waals surface area contributed by atoms with Gasteiger partial charge in [-0.3, -0.25) is 0 Å². The normalized spacial score (nSPS) is 17.2. The molecule has 0 aliphatic heterocycles. The van der Waals surface area contributed by atoms with E-state index in [0.29, 0.717) is 11.8 Å². The maximum atomic E-state index is 6.17. The summed E-state index contributed by atoms with van der Waals surface area (Å²) in [6, 6.07) is -0.0626. The van der Waals surface area contributed by atoms with Gasteiger partial charge in [-0.15, -0.1) is 11.6 Å². The first-order valence-corrected chi connectivity index (χ1v) is 9.69. The van der Waals surface area contributed by atoms with Crippen LogP contribution in [0, 0.1) is 11.8 Å². The van der Waals surface area contributed by atoms with Crippen molar-refractivity contribution in [2.75, 3.05) is 5.88 Å². The van der Waals surface area contributed by atoms with Gasteiger partial charge < -0.3 is 10.7 Å². The highest BCUT2D eigenvalue weighted by atomic mass is 35.5. The highest BCUT2D eigenvalue weighted by Gasteiger charge is 2.16. The van der Waals surface area contributed by atoms with Gasteiger partial charge in [0.15, 0.2) is 0 Å². The van der Waals surface area contributed by atoms with Gasteiger partial charge in [-0.2, -0.15) is 0 Å². The van der Waals surface area contributed by atoms with E-state index in [9.17, 15) is 0 Å². The third kappa shape index (κ3) is 5.09. The predicted molar refractivity (Wildman–Crippen MR) is 113 cm³/mol. The molecule has 0 fully saturated rings. The Morgan fingerprint density at radius 3 is 2.58 bits per heavy atom. The fourth-order valence-corrected chi connectivity index (χ4v) is 2.89. The van der Waals surface area contributed by atoms with Gasteiger partial charge in [-0.1, -0.05) is 63.8 Å². The maximum Gasteiger partial charge on any atom is 0.123 e. The highest BCUT2D eigenvalue weighted by Crippen LogP contribution is 2.30. The SMILES string of the molecule is C=C(/C=C\C(=C)C(C)CCl)C1=CC=C(c2cnc(C(N)C(C)C)[nH]2)CC1. The average molecular weight is 372 g/mol. The molecule has 1 aliphatic rings. The average Bonchev–Trinajstić information content (AvgIpc) is 3.14. The Kier molecular flexibility index (Phi) is 7.24. The van der Waals surface area contributed by atoms with Gasteiger partial charge in [0.1, 0.15) is 5.82 Å². The molecule has 140 valence electrons. The van der Waals surface area contributed by atoms with Crippen molar-refractivity contribution in [2.45, 2.75) is 39.7 Å². The van der Waals surface area contributed by atoms with Crippen LogP contribution in [-0.4, -0.2) is 15.8 Å². The quantitative estimate of drug-likeness (QED) is 0.454. The van der Waals surface area contributed by atoms with Crippen LogP contribution < -0.4 is 5.73 Å². The van der Waals surface area contributed by atoms with Gasteiger partial charge in [-0.05, 0) is 41.4 Å². The fraction of sp³-hybridized carbons (Fsp3) is 0.409. The summed E-state index contributed by atoms with van der Waals surface area (Å²) in [5.41, 5.74) is 11.8. The number of nitrogens with two attached hydrogens (primary N) is 1. The summed E-state index contributed by atoms with van der Waals surface area (Å²) in [6.07, 6.45) is 12.1. The van der Waals surface area contributed by atoms with Gasteiger partial charge in [-0.25, -0.2) is 4.98 Å². The van der Waals surface area contributed by atoms with E-state index in [1.165, 1.54) is 11.1 Å². The molecule has 2 atom stereocenters. The van der Waals surface area contributed by atoms with E-state index in [1.807, 2.05) is 18.3 Å².